The molecule has 0 N–H and O–H groups in total. The monoisotopic (exact) mass is 392 g/mol. The highest BCUT2D eigenvalue weighted by Crippen LogP contribution is 2.28. The molecule has 2 rings (SSSR count). The minimum Gasteiger partial charge on any atom is -0.493 e. The molecule has 0 aliphatic heterocycles. The number of esters is 2. The summed E-state index contributed by atoms with van der Waals surface area (Å²) in [6.07, 6.45) is 0.805. The SMILES string of the molecule is COC(=O)c1ccc(OC(=O)CCc2cccc(Br)c2)c(OC)c1. The molecule has 126 valence electrons. The van der Waals surface area contributed by atoms with Gasteiger partial charge in [-0.05, 0) is 42.3 Å². The van der Waals surface area contributed by atoms with Gasteiger partial charge in [-0.3, -0.25) is 4.79 Å². The van der Waals surface area contributed by atoms with Crippen LogP contribution < -0.4 is 9.47 Å². The molecule has 0 amide bonds. The Kier molecular flexibility index (Phi) is 6.37. The molecule has 24 heavy (non-hydrogen) atoms. The van der Waals surface area contributed by atoms with E-state index >= 15 is 0 Å². The lowest BCUT2D eigenvalue weighted by Crippen LogP contribution is -2.10. The Bertz CT molecular complexity index is 742. The van der Waals surface area contributed by atoms with Crippen molar-refractivity contribution in [3.63, 3.8) is 0 Å². The maximum atomic E-state index is 12.0. The van der Waals surface area contributed by atoms with Gasteiger partial charge in [0.1, 0.15) is 0 Å². The summed E-state index contributed by atoms with van der Waals surface area (Å²) in [5.74, 6) is -0.293. The van der Waals surface area contributed by atoms with Crippen LogP contribution in [0.3, 0.4) is 0 Å². The van der Waals surface area contributed by atoms with Crippen LogP contribution in [0.1, 0.15) is 22.3 Å². The molecule has 0 spiro atoms. The Balaban J connectivity index is 2.01. The Labute approximate surface area is 148 Å². The van der Waals surface area contributed by atoms with Crippen molar-refractivity contribution in [1.82, 2.24) is 0 Å². The zero-order chi connectivity index (χ0) is 17.5. The van der Waals surface area contributed by atoms with E-state index in [2.05, 4.69) is 20.7 Å². The molecule has 0 atom stereocenters. The highest BCUT2D eigenvalue weighted by atomic mass is 79.9. The Morgan fingerprint density at radius 3 is 2.50 bits per heavy atom. The fourth-order valence-corrected chi connectivity index (χ4v) is 2.56. The summed E-state index contributed by atoms with van der Waals surface area (Å²) in [6.45, 7) is 0. The molecule has 0 radical (unpaired) electrons. The van der Waals surface area contributed by atoms with E-state index < -0.39 is 5.97 Å². The van der Waals surface area contributed by atoms with Crippen LogP contribution in [0.25, 0.3) is 0 Å². The number of carbonyl (C=O) groups excluding carboxylic acids is 2. The summed E-state index contributed by atoms with van der Waals surface area (Å²) in [5.41, 5.74) is 1.36. The van der Waals surface area contributed by atoms with Crippen molar-refractivity contribution in [2.24, 2.45) is 0 Å². The van der Waals surface area contributed by atoms with Crippen LogP contribution in [0.2, 0.25) is 0 Å². The molecule has 2 aromatic carbocycles. The number of benzene rings is 2. The van der Waals surface area contributed by atoms with E-state index in [0.29, 0.717) is 17.7 Å². The lowest BCUT2D eigenvalue weighted by molar-refractivity contribution is -0.134. The molecule has 0 aliphatic carbocycles. The zero-order valence-corrected chi connectivity index (χ0v) is 15.0. The summed E-state index contributed by atoms with van der Waals surface area (Å²) < 4.78 is 16.1. The van der Waals surface area contributed by atoms with E-state index in [4.69, 9.17) is 9.47 Å². The van der Waals surface area contributed by atoms with Crippen molar-refractivity contribution in [2.75, 3.05) is 14.2 Å². The van der Waals surface area contributed by atoms with Crippen LogP contribution >= 0.6 is 15.9 Å². The first kappa shape index (κ1) is 18.0. The van der Waals surface area contributed by atoms with Crippen LogP contribution in [0, 0.1) is 0 Å². The number of hydrogen-bond donors (Lipinski definition) is 0. The first-order valence-electron chi connectivity index (χ1n) is 7.25. The van der Waals surface area contributed by atoms with Crippen molar-refractivity contribution >= 4 is 27.9 Å². The minimum atomic E-state index is -0.485. The maximum absolute atomic E-state index is 12.0. The van der Waals surface area contributed by atoms with Crippen LogP contribution in [0.5, 0.6) is 11.5 Å². The van der Waals surface area contributed by atoms with Crippen LogP contribution in [0.4, 0.5) is 0 Å². The molecule has 5 nitrogen and oxygen atoms in total. The number of carbonyl (C=O) groups is 2. The summed E-state index contributed by atoms with van der Waals surface area (Å²) in [4.78, 5) is 23.5. The molecule has 0 fully saturated rings. The van der Waals surface area contributed by atoms with Gasteiger partial charge in [0.25, 0.3) is 0 Å². The molecule has 0 aliphatic rings. The average Bonchev–Trinajstić information content (AvgIpc) is 2.59. The third-order valence-electron chi connectivity index (χ3n) is 3.32. The molecule has 6 heteroatoms. The predicted octanol–water partition coefficient (Wildman–Crippen LogP) is 3.78. The summed E-state index contributed by atoms with van der Waals surface area (Å²) >= 11 is 3.40. The Morgan fingerprint density at radius 2 is 1.83 bits per heavy atom. The molecule has 0 saturated heterocycles. The lowest BCUT2D eigenvalue weighted by Gasteiger charge is -2.10. The molecule has 0 saturated carbocycles. The predicted molar refractivity (Wildman–Crippen MR) is 92.4 cm³/mol. The number of hydrogen-bond acceptors (Lipinski definition) is 5. The van der Waals surface area contributed by atoms with Gasteiger partial charge in [0, 0.05) is 10.9 Å². The summed E-state index contributed by atoms with van der Waals surface area (Å²) in [5, 5.41) is 0. The van der Waals surface area contributed by atoms with Crippen molar-refractivity contribution in [2.45, 2.75) is 12.8 Å². The molecular weight excluding hydrogens is 376 g/mol. The normalized spacial score (nSPS) is 10.1. The lowest BCUT2D eigenvalue weighted by atomic mass is 10.1. The van der Waals surface area contributed by atoms with Gasteiger partial charge >= 0.3 is 11.9 Å². The van der Waals surface area contributed by atoms with E-state index in [1.54, 1.807) is 0 Å². The van der Waals surface area contributed by atoms with Crippen LogP contribution in [-0.2, 0) is 16.0 Å². The second kappa shape index (κ2) is 8.49. The number of rotatable bonds is 6. The third-order valence-corrected chi connectivity index (χ3v) is 3.81. The fraction of sp³-hybridized carbons (Fsp3) is 0.222. The van der Waals surface area contributed by atoms with Gasteiger partial charge in [0.2, 0.25) is 0 Å². The van der Waals surface area contributed by atoms with Crippen molar-refractivity contribution < 1.29 is 23.8 Å². The molecule has 0 bridgehead atoms. The number of ether oxygens (including phenoxy) is 3. The largest absolute Gasteiger partial charge is 0.493 e. The fourth-order valence-electron chi connectivity index (χ4n) is 2.11. The van der Waals surface area contributed by atoms with E-state index in [9.17, 15) is 9.59 Å². The topological polar surface area (TPSA) is 61.8 Å². The molecule has 0 aromatic heterocycles. The summed E-state index contributed by atoms with van der Waals surface area (Å²) in [6, 6.07) is 12.3. The molecule has 2 aromatic rings. The van der Waals surface area contributed by atoms with Crippen molar-refractivity contribution in [1.29, 1.82) is 0 Å². The van der Waals surface area contributed by atoms with E-state index in [1.165, 1.54) is 32.4 Å². The zero-order valence-electron chi connectivity index (χ0n) is 13.4. The first-order valence-corrected chi connectivity index (χ1v) is 8.04. The van der Waals surface area contributed by atoms with Gasteiger partial charge in [0.15, 0.2) is 11.5 Å². The van der Waals surface area contributed by atoms with Gasteiger partial charge in [-0.15, -0.1) is 0 Å². The highest BCUT2D eigenvalue weighted by Gasteiger charge is 2.14. The second-order valence-electron chi connectivity index (χ2n) is 4.96. The van der Waals surface area contributed by atoms with Gasteiger partial charge in [-0.25, -0.2) is 4.79 Å². The molecule has 0 heterocycles. The molecule has 0 unspecified atom stereocenters. The van der Waals surface area contributed by atoms with Gasteiger partial charge in [-0.1, -0.05) is 28.1 Å². The highest BCUT2D eigenvalue weighted by molar-refractivity contribution is 9.10. The minimum absolute atomic E-state index is 0.234. The van der Waals surface area contributed by atoms with Crippen LogP contribution in [-0.4, -0.2) is 26.2 Å². The Hall–Kier alpha value is -2.34. The second-order valence-corrected chi connectivity index (χ2v) is 5.88. The number of methoxy groups -OCH3 is 2. The van der Waals surface area contributed by atoms with E-state index in [-0.39, 0.29) is 18.1 Å². The number of halogens is 1. The quantitative estimate of drug-likeness (QED) is 0.552. The smallest absolute Gasteiger partial charge is 0.337 e. The standard InChI is InChI=1S/C18H17BrO5/c1-22-16-11-13(18(21)23-2)7-8-15(16)24-17(20)9-6-12-4-3-5-14(19)10-12/h3-5,7-8,10-11H,6,9H2,1-2H3. The van der Waals surface area contributed by atoms with Gasteiger partial charge in [-0.2, -0.15) is 0 Å². The number of aryl methyl sites for hydroxylation is 1. The summed E-state index contributed by atoms with van der Waals surface area (Å²) in [7, 11) is 2.74. The van der Waals surface area contributed by atoms with Crippen LogP contribution in [0.15, 0.2) is 46.9 Å². The van der Waals surface area contributed by atoms with Crippen molar-refractivity contribution in [3.05, 3.63) is 58.1 Å². The van der Waals surface area contributed by atoms with E-state index in [0.717, 1.165) is 10.0 Å². The average molecular weight is 393 g/mol. The Morgan fingerprint density at radius 1 is 1.04 bits per heavy atom. The van der Waals surface area contributed by atoms with Gasteiger partial charge in [0.05, 0.1) is 19.8 Å². The first-order chi connectivity index (χ1) is 11.5. The van der Waals surface area contributed by atoms with E-state index in [1.807, 2.05) is 24.3 Å². The van der Waals surface area contributed by atoms with Gasteiger partial charge < -0.3 is 14.2 Å². The third kappa shape index (κ3) is 4.83. The maximum Gasteiger partial charge on any atom is 0.337 e. The van der Waals surface area contributed by atoms with Crippen molar-refractivity contribution in [3.8, 4) is 11.5 Å². The molecular formula is C18H17BrO5.